The first kappa shape index (κ1) is 15.2. The number of para-hydroxylation sites is 1. The van der Waals surface area contributed by atoms with Crippen LogP contribution in [0.25, 0.3) is 0 Å². The van der Waals surface area contributed by atoms with Crippen molar-refractivity contribution in [1.82, 2.24) is 9.36 Å². The van der Waals surface area contributed by atoms with Gasteiger partial charge in [0.1, 0.15) is 11.4 Å². The van der Waals surface area contributed by atoms with Gasteiger partial charge in [0.2, 0.25) is 0 Å². The lowest BCUT2D eigenvalue weighted by Gasteiger charge is -2.12. The van der Waals surface area contributed by atoms with Gasteiger partial charge in [0.05, 0.1) is 12.3 Å². The van der Waals surface area contributed by atoms with Crippen molar-refractivity contribution in [3.05, 3.63) is 46.4 Å². The Balaban J connectivity index is 1.99. The zero-order valence-corrected chi connectivity index (χ0v) is 12.7. The Morgan fingerprint density at radius 3 is 2.48 bits per heavy atom. The third kappa shape index (κ3) is 3.29. The van der Waals surface area contributed by atoms with E-state index in [1.54, 1.807) is 4.68 Å². The van der Waals surface area contributed by atoms with Gasteiger partial charge in [-0.3, -0.25) is 9.48 Å². The maximum absolute atomic E-state index is 12.2. The van der Waals surface area contributed by atoms with E-state index in [9.17, 15) is 4.79 Å². The van der Waals surface area contributed by atoms with E-state index < -0.39 is 0 Å². The third-order valence-electron chi connectivity index (χ3n) is 3.54. The minimum atomic E-state index is -0.0894. The molecule has 0 amide bonds. The molecule has 0 saturated heterocycles. The monoisotopic (exact) mass is 289 g/mol. The van der Waals surface area contributed by atoms with Gasteiger partial charge in [0.25, 0.3) is 5.56 Å². The van der Waals surface area contributed by atoms with E-state index in [1.807, 2.05) is 48.9 Å². The summed E-state index contributed by atoms with van der Waals surface area (Å²) in [6, 6.07) is 9.68. The van der Waals surface area contributed by atoms with Crippen molar-refractivity contribution in [3.8, 4) is 5.75 Å². The molecule has 0 fully saturated rings. The highest BCUT2D eigenvalue weighted by atomic mass is 16.5. The lowest BCUT2D eigenvalue weighted by atomic mass is 10.3. The van der Waals surface area contributed by atoms with E-state index in [4.69, 9.17) is 10.5 Å². The number of hydrogen-bond acceptors (Lipinski definition) is 3. The first-order valence-electron chi connectivity index (χ1n) is 7.44. The summed E-state index contributed by atoms with van der Waals surface area (Å²) in [5.74, 6) is 0.851. The Hall–Kier alpha value is -2.17. The Morgan fingerprint density at radius 1 is 1.14 bits per heavy atom. The van der Waals surface area contributed by atoms with Gasteiger partial charge in [-0.25, -0.2) is 4.68 Å². The quantitative estimate of drug-likeness (QED) is 0.795. The molecule has 5 nitrogen and oxygen atoms in total. The van der Waals surface area contributed by atoms with Crippen molar-refractivity contribution >= 4 is 5.69 Å². The van der Waals surface area contributed by atoms with E-state index >= 15 is 0 Å². The molecule has 21 heavy (non-hydrogen) atoms. The molecular formula is C16H23N3O2. The number of rotatable bonds is 7. The number of nitrogen functional groups attached to an aromatic ring is 1. The highest BCUT2D eigenvalue weighted by Crippen LogP contribution is 2.11. The molecule has 1 heterocycles. The summed E-state index contributed by atoms with van der Waals surface area (Å²) in [6.45, 7) is 5.97. The molecule has 0 aliphatic carbocycles. The zero-order valence-electron chi connectivity index (χ0n) is 12.7. The molecule has 2 aromatic rings. The van der Waals surface area contributed by atoms with Crippen LogP contribution in [-0.4, -0.2) is 16.0 Å². The van der Waals surface area contributed by atoms with Crippen molar-refractivity contribution < 1.29 is 4.74 Å². The van der Waals surface area contributed by atoms with Crippen LogP contribution in [0.1, 0.15) is 26.0 Å². The summed E-state index contributed by atoms with van der Waals surface area (Å²) in [5, 5.41) is 0. The van der Waals surface area contributed by atoms with Crippen LogP contribution in [0.4, 0.5) is 5.69 Å². The van der Waals surface area contributed by atoms with E-state index in [-0.39, 0.29) is 5.56 Å². The van der Waals surface area contributed by atoms with E-state index in [2.05, 4.69) is 0 Å². The second kappa shape index (κ2) is 7.02. The number of hydrogen-bond donors (Lipinski definition) is 1. The molecule has 0 unspecified atom stereocenters. The summed E-state index contributed by atoms with van der Waals surface area (Å²) in [5.41, 5.74) is 7.11. The van der Waals surface area contributed by atoms with Crippen molar-refractivity contribution in [2.45, 2.75) is 39.8 Å². The highest BCUT2D eigenvalue weighted by molar-refractivity contribution is 5.41. The maximum atomic E-state index is 12.2. The van der Waals surface area contributed by atoms with Crippen LogP contribution in [0, 0.1) is 0 Å². The summed E-state index contributed by atoms with van der Waals surface area (Å²) in [6.07, 6.45) is 1.53. The van der Waals surface area contributed by atoms with Gasteiger partial charge >= 0.3 is 0 Å². The third-order valence-corrected chi connectivity index (χ3v) is 3.54. The van der Waals surface area contributed by atoms with Gasteiger partial charge in [-0.1, -0.05) is 25.1 Å². The van der Waals surface area contributed by atoms with Crippen LogP contribution in [0.15, 0.2) is 35.1 Å². The van der Waals surface area contributed by atoms with Gasteiger partial charge in [-0.15, -0.1) is 0 Å². The van der Waals surface area contributed by atoms with Crippen molar-refractivity contribution in [1.29, 1.82) is 0 Å². The molecule has 0 saturated carbocycles. The van der Waals surface area contributed by atoms with Crippen molar-refractivity contribution in [2.75, 3.05) is 12.3 Å². The summed E-state index contributed by atoms with van der Waals surface area (Å²) < 4.78 is 9.35. The zero-order chi connectivity index (χ0) is 15.2. The number of aromatic nitrogens is 2. The lowest BCUT2D eigenvalue weighted by molar-refractivity contribution is 0.290. The molecule has 0 aliphatic rings. The molecule has 2 rings (SSSR count). The van der Waals surface area contributed by atoms with Crippen LogP contribution >= 0.6 is 0 Å². The Kier molecular flexibility index (Phi) is 5.09. The molecule has 0 aliphatic heterocycles. The Morgan fingerprint density at radius 2 is 1.86 bits per heavy atom. The number of nitrogens with two attached hydrogens (primary N) is 1. The summed E-state index contributed by atoms with van der Waals surface area (Å²) >= 11 is 0. The molecule has 0 radical (unpaired) electrons. The molecule has 114 valence electrons. The van der Waals surface area contributed by atoms with Crippen LogP contribution in [-0.2, 0) is 19.5 Å². The molecule has 5 heteroatoms. The molecule has 0 bridgehead atoms. The largest absolute Gasteiger partial charge is 0.494 e. The molecular weight excluding hydrogens is 266 g/mol. The van der Waals surface area contributed by atoms with Crippen molar-refractivity contribution in [3.63, 3.8) is 0 Å². The fraction of sp³-hybridized carbons (Fsp3) is 0.438. The van der Waals surface area contributed by atoms with E-state index in [0.29, 0.717) is 18.8 Å². The van der Waals surface area contributed by atoms with Crippen molar-refractivity contribution in [2.24, 2.45) is 0 Å². The summed E-state index contributed by atoms with van der Waals surface area (Å²) in [4.78, 5) is 12.2. The number of ether oxygens (including phenoxy) is 1. The number of nitrogens with zero attached hydrogens (tertiary/aromatic N) is 2. The predicted octanol–water partition coefficient (Wildman–Crippen LogP) is 2.28. The highest BCUT2D eigenvalue weighted by Gasteiger charge is 2.14. The minimum Gasteiger partial charge on any atom is -0.494 e. The molecule has 0 spiro atoms. The lowest BCUT2D eigenvalue weighted by Crippen LogP contribution is -2.24. The van der Waals surface area contributed by atoms with Crippen LogP contribution in [0.2, 0.25) is 0 Å². The number of benzene rings is 1. The van der Waals surface area contributed by atoms with Crippen LogP contribution in [0.3, 0.4) is 0 Å². The van der Waals surface area contributed by atoms with E-state index in [1.165, 1.54) is 0 Å². The molecule has 0 atom stereocenters. The fourth-order valence-corrected chi connectivity index (χ4v) is 2.53. The standard InChI is InChI=1S/C16H23N3O2/c1-3-14-15(17)16(20)19(18(14)4-2)11-8-12-21-13-9-6-5-7-10-13/h5-7,9-10H,3-4,8,11-12,17H2,1-2H3. The Bertz CT molecular complexity index is 629. The average Bonchev–Trinajstić information content (AvgIpc) is 2.75. The maximum Gasteiger partial charge on any atom is 0.290 e. The molecule has 1 aromatic carbocycles. The topological polar surface area (TPSA) is 62.2 Å². The number of anilines is 1. The van der Waals surface area contributed by atoms with Crippen LogP contribution in [0.5, 0.6) is 5.75 Å². The molecule has 1 aromatic heterocycles. The average molecular weight is 289 g/mol. The SMILES string of the molecule is CCc1c(N)c(=O)n(CCCOc2ccccc2)n1CC. The fourth-order valence-electron chi connectivity index (χ4n) is 2.53. The van der Waals surface area contributed by atoms with E-state index in [0.717, 1.165) is 30.8 Å². The van der Waals surface area contributed by atoms with Gasteiger partial charge < -0.3 is 10.5 Å². The normalized spacial score (nSPS) is 10.8. The van der Waals surface area contributed by atoms with Gasteiger partial charge in [0, 0.05) is 19.5 Å². The van der Waals surface area contributed by atoms with Gasteiger partial charge in [0.15, 0.2) is 0 Å². The van der Waals surface area contributed by atoms with Crippen LogP contribution < -0.4 is 16.0 Å². The second-order valence-corrected chi connectivity index (χ2v) is 4.87. The van der Waals surface area contributed by atoms with Gasteiger partial charge in [-0.2, -0.15) is 0 Å². The Labute approximate surface area is 124 Å². The summed E-state index contributed by atoms with van der Waals surface area (Å²) in [7, 11) is 0. The second-order valence-electron chi connectivity index (χ2n) is 4.87. The smallest absolute Gasteiger partial charge is 0.290 e. The first-order valence-corrected chi connectivity index (χ1v) is 7.44. The minimum absolute atomic E-state index is 0.0894. The first-order chi connectivity index (χ1) is 10.2. The predicted molar refractivity (Wildman–Crippen MR) is 84.7 cm³/mol. The van der Waals surface area contributed by atoms with Gasteiger partial charge in [-0.05, 0) is 25.5 Å². The molecule has 2 N–H and O–H groups in total.